The first-order valence-corrected chi connectivity index (χ1v) is 7.59. The van der Waals surface area contributed by atoms with E-state index in [1.54, 1.807) is 36.5 Å². The van der Waals surface area contributed by atoms with Crippen LogP contribution in [0.1, 0.15) is 18.2 Å². The molecule has 1 heterocycles. The molecule has 0 radical (unpaired) electrons. The fourth-order valence-electron chi connectivity index (χ4n) is 1.83. The highest BCUT2D eigenvalue weighted by atomic mass is 32.2. The predicted octanol–water partition coefficient (Wildman–Crippen LogP) is 1.69. The lowest BCUT2D eigenvalue weighted by Crippen LogP contribution is -2.23. The molecular weight excluding hydrogens is 262 g/mol. The first kappa shape index (κ1) is 13.8. The minimum atomic E-state index is -3.46. The smallest absolute Gasteiger partial charge is 0.240 e. The Bertz CT molecular complexity index is 648. The molecular formula is C13H17N3O2S. The lowest BCUT2D eigenvalue weighted by molar-refractivity contribution is 0.581. The van der Waals surface area contributed by atoms with E-state index >= 15 is 0 Å². The van der Waals surface area contributed by atoms with Crippen LogP contribution in [-0.2, 0) is 23.1 Å². The van der Waals surface area contributed by atoms with Crippen LogP contribution in [0.3, 0.4) is 0 Å². The summed E-state index contributed by atoms with van der Waals surface area (Å²) in [4.78, 5) is 0.274. The van der Waals surface area contributed by atoms with Gasteiger partial charge in [0, 0.05) is 24.3 Å². The summed E-state index contributed by atoms with van der Waals surface area (Å²) in [5, 5.41) is 4.19. The summed E-state index contributed by atoms with van der Waals surface area (Å²) in [6.07, 6.45) is 1.70. The van der Waals surface area contributed by atoms with E-state index in [0.717, 1.165) is 17.8 Å². The molecule has 0 spiro atoms. The van der Waals surface area contributed by atoms with Crippen LogP contribution in [0.15, 0.2) is 41.4 Å². The van der Waals surface area contributed by atoms with Crippen molar-refractivity contribution in [2.24, 2.45) is 0 Å². The van der Waals surface area contributed by atoms with E-state index in [1.807, 2.05) is 18.5 Å². The quantitative estimate of drug-likeness (QED) is 0.906. The average molecular weight is 279 g/mol. The molecule has 2 rings (SSSR count). The second kappa shape index (κ2) is 5.54. The van der Waals surface area contributed by atoms with Crippen molar-refractivity contribution >= 4 is 10.0 Å². The van der Waals surface area contributed by atoms with Crippen LogP contribution in [0, 0.1) is 6.92 Å². The highest BCUT2D eigenvalue weighted by Crippen LogP contribution is 2.11. The third-order valence-corrected chi connectivity index (χ3v) is 4.43. The Hall–Kier alpha value is -1.66. The fourth-order valence-corrected chi connectivity index (χ4v) is 2.86. The molecule has 0 atom stereocenters. The van der Waals surface area contributed by atoms with Gasteiger partial charge in [-0.05, 0) is 26.0 Å². The van der Waals surface area contributed by atoms with Gasteiger partial charge in [-0.2, -0.15) is 5.10 Å². The van der Waals surface area contributed by atoms with Gasteiger partial charge in [-0.1, -0.05) is 18.2 Å². The second-order valence-electron chi connectivity index (χ2n) is 4.21. The van der Waals surface area contributed by atoms with Gasteiger partial charge in [0.1, 0.15) is 0 Å². The van der Waals surface area contributed by atoms with Crippen molar-refractivity contribution in [3.63, 3.8) is 0 Å². The number of sulfonamides is 1. The zero-order valence-electron chi connectivity index (χ0n) is 11.0. The standard InChI is InChI=1S/C13H17N3O2S/c1-3-16-11(2)12(9-14-16)10-15-19(17,18)13-7-5-4-6-8-13/h4-9,15H,3,10H2,1-2H3. The highest BCUT2D eigenvalue weighted by molar-refractivity contribution is 7.89. The monoisotopic (exact) mass is 279 g/mol. The summed E-state index contributed by atoms with van der Waals surface area (Å²) in [5.41, 5.74) is 1.87. The lowest BCUT2D eigenvalue weighted by Gasteiger charge is -2.06. The molecule has 0 amide bonds. The number of rotatable bonds is 5. The molecule has 5 nitrogen and oxygen atoms in total. The van der Waals surface area contributed by atoms with E-state index in [4.69, 9.17) is 0 Å². The summed E-state index contributed by atoms with van der Waals surface area (Å²) in [5.74, 6) is 0. The number of benzene rings is 1. The fraction of sp³-hybridized carbons (Fsp3) is 0.308. The van der Waals surface area contributed by atoms with Crippen LogP contribution in [0.25, 0.3) is 0 Å². The van der Waals surface area contributed by atoms with Crippen molar-refractivity contribution < 1.29 is 8.42 Å². The van der Waals surface area contributed by atoms with Crippen molar-refractivity contribution in [2.75, 3.05) is 0 Å². The third-order valence-electron chi connectivity index (χ3n) is 3.01. The van der Waals surface area contributed by atoms with Gasteiger partial charge in [-0.15, -0.1) is 0 Å². The zero-order valence-corrected chi connectivity index (χ0v) is 11.8. The Balaban J connectivity index is 2.12. The van der Waals surface area contributed by atoms with Crippen molar-refractivity contribution in [2.45, 2.75) is 31.8 Å². The van der Waals surface area contributed by atoms with Crippen LogP contribution < -0.4 is 4.72 Å². The second-order valence-corrected chi connectivity index (χ2v) is 5.98. The summed E-state index contributed by atoms with van der Waals surface area (Å²) in [6.45, 7) is 4.96. The summed E-state index contributed by atoms with van der Waals surface area (Å²) in [6, 6.07) is 8.34. The van der Waals surface area contributed by atoms with Gasteiger partial charge in [0.15, 0.2) is 0 Å². The summed E-state index contributed by atoms with van der Waals surface area (Å²) >= 11 is 0. The van der Waals surface area contributed by atoms with Crippen molar-refractivity contribution in [3.8, 4) is 0 Å². The summed E-state index contributed by atoms with van der Waals surface area (Å²) < 4.78 is 28.5. The number of nitrogens with one attached hydrogen (secondary N) is 1. The van der Waals surface area contributed by atoms with Crippen molar-refractivity contribution in [3.05, 3.63) is 47.8 Å². The van der Waals surface area contributed by atoms with E-state index in [1.165, 1.54) is 0 Å². The lowest BCUT2D eigenvalue weighted by atomic mass is 10.3. The predicted molar refractivity (Wildman–Crippen MR) is 73.1 cm³/mol. The van der Waals surface area contributed by atoms with E-state index in [0.29, 0.717) is 0 Å². The third kappa shape index (κ3) is 3.02. The van der Waals surface area contributed by atoms with Gasteiger partial charge in [0.05, 0.1) is 11.1 Å². The SMILES string of the molecule is CCn1ncc(CNS(=O)(=O)c2ccccc2)c1C. The van der Waals surface area contributed by atoms with Gasteiger partial charge in [0.25, 0.3) is 0 Å². The number of nitrogens with zero attached hydrogens (tertiary/aromatic N) is 2. The van der Waals surface area contributed by atoms with Gasteiger partial charge in [0.2, 0.25) is 10.0 Å². The molecule has 0 unspecified atom stereocenters. The van der Waals surface area contributed by atoms with Crippen LogP contribution in [0.5, 0.6) is 0 Å². The highest BCUT2D eigenvalue weighted by Gasteiger charge is 2.14. The van der Waals surface area contributed by atoms with Crippen LogP contribution in [-0.4, -0.2) is 18.2 Å². The number of aromatic nitrogens is 2. The first-order chi connectivity index (χ1) is 9.04. The summed E-state index contributed by atoms with van der Waals surface area (Å²) in [7, 11) is -3.46. The van der Waals surface area contributed by atoms with Crippen molar-refractivity contribution in [1.29, 1.82) is 0 Å². The minimum absolute atomic E-state index is 0.253. The van der Waals surface area contributed by atoms with Crippen LogP contribution in [0.2, 0.25) is 0 Å². The average Bonchev–Trinajstić information content (AvgIpc) is 2.78. The van der Waals surface area contributed by atoms with E-state index < -0.39 is 10.0 Å². The molecule has 0 aliphatic heterocycles. The molecule has 1 N–H and O–H groups in total. The molecule has 0 fully saturated rings. The minimum Gasteiger partial charge on any atom is -0.270 e. The Morgan fingerprint density at radius 3 is 2.53 bits per heavy atom. The molecule has 0 saturated heterocycles. The van der Waals surface area contributed by atoms with E-state index in [2.05, 4.69) is 9.82 Å². The maximum Gasteiger partial charge on any atom is 0.240 e. The largest absolute Gasteiger partial charge is 0.270 e. The molecule has 0 bridgehead atoms. The maximum atomic E-state index is 12.1. The zero-order chi connectivity index (χ0) is 13.9. The van der Waals surface area contributed by atoms with E-state index in [9.17, 15) is 8.42 Å². The Morgan fingerprint density at radius 2 is 1.95 bits per heavy atom. The molecule has 102 valence electrons. The molecule has 6 heteroatoms. The topological polar surface area (TPSA) is 64.0 Å². The van der Waals surface area contributed by atoms with Gasteiger partial charge in [-0.3, -0.25) is 4.68 Å². The molecule has 1 aromatic heterocycles. The van der Waals surface area contributed by atoms with E-state index in [-0.39, 0.29) is 11.4 Å². The van der Waals surface area contributed by atoms with Gasteiger partial charge in [-0.25, -0.2) is 13.1 Å². The van der Waals surface area contributed by atoms with Gasteiger partial charge < -0.3 is 0 Å². The molecule has 1 aromatic carbocycles. The molecule has 0 aliphatic rings. The first-order valence-electron chi connectivity index (χ1n) is 6.10. The molecule has 0 aliphatic carbocycles. The molecule has 0 saturated carbocycles. The molecule has 19 heavy (non-hydrogen) atoms. The normalized spacial score (nSPS) is 11.7. The Labute approximate surface area is 113 Å². The maximum absolute atomic E-state index is 12.1. The molecule has 2 aromatic rings. The Morgan fingerprint density at radius 1 is 1.26 bits per heavy atom. The number of aryl methyl sites for hydroxylation is 1. The van der Waals surface area contributed by atoms with Crippen LogP contribution >= 0.6 is 0 Å². The van der Waals surface area contributed by atoms with Crippen LogP contribution in [0.4, 0.5) is 0 Å². The van der Waals surface area contributed by atoms with Crippen molar-refractivity contribution in [1.82, 2.24) is 14.5 Å². The number of hydrogen-bond donors (Lipinski definition) is 1. The van der Waals surface area contributed by atoms with Gasteiger partial charge >= 0.3 is 0 Å². The number of hydrogen-bond acceptors (Lipinski definition) is 3. The Kier molecular flexibility index (Phi) is 4.01.